The number of nitrogens with two attached hydrogens (primary N) is 1. The summed E-state index contributed by atoms with van der Waals surface area (Å²) in [7, 11) is -2.94. The molecule has 0 amide bonds. The van der Waals surface area contributed by atoms with Crippen molar-refractivity contribution in [3.63, 3.8) is 0 Å². The topological polar surface area (TPSA) is 90.9 Å². The Kier molecular flexibility index (Phi) is 2.86. The van der Waals surface area contributed by atoms with Gasteiger partial charge in [-0.25, -0.2) is 18.1 Å². The third-order valence-corrected chi connectivity index (χ3v) is 5.88. The highest BCUT2D eigenvalue weighted by Crippen LogP contribution is 2.30. The fourth-order valence-corrected chi connectivity index (χ4v) is 4.70. The second-order valence-corrected chi connectivity index (χ2v) is 8.16. The number of aromatic nitrogens is 3. The molecule has 2 aromatic heterocycles. The SMILES string of the molecule is Cc1ncc(-c2cc(N)n(C3CCS(=O)(=O)C3)n2)s1. The van der Waals surface area contributed by atoms with E-state index in [1.165, 1.54) is 0 Å². The van der Waals surface area contributed by atoms with Crippen molar-refractivity contribution in [3.8, 4) is 10.6 Å². The van der Waals surface area contributed by atoms with Crippen LogP contribution in [0.3, 0.4) is 0 Å². The number of nitrogen functional groups attached to an aromatic ring is 1. The average Bonchev–Trinajstić information content (AvgIpc) is 2.98. The maximum Gasteiger partial charge on any atom is 0.152 e. The van der Waals surface area contributed by atoms with Crippen molar-refractivity contribution >= 4 is 27.0 Å². The largest absolute Gasteiger partial charge is 0.384 e. The van der Waals surface area contributed by atoms with Crippen molar-refractivity contribution in [3.05, 3.63) is 17.3 Å². The second kappa shape index (κ2) is 4.31. The van der Waals surface area contributed by atoms with Gasteiger partial charge in [-0.05, 0) is 13.3 Å². The Morgan fingerprint density at radius 3 is 2.89 bits per heavy atom. The van der Waals surface area contributed by atoms with Gasteiger partial charge in [0.25, 0.3) is 0 Å². The Bertz CT molecular complexity index is 717. The number of sulfone groups is 1. The van der Waals surface area contributed by atoms with Crippen LogP contribution in [0.4, 0.5) is 5.82 Å². The molecule has 1 aliphatic heterocycles. The molecule has 2 N–H and O–H groups in total. The highest BCUT2D eigenvalue weighted by molar-refractivity contribution is 7.91. The minimum absolute atomic E-state index is 0.125. The fraction of sp³-hybridized carbons (Fsp3) is 0.455. The van der Waals surface area contributed by atoms with E-state index in [1.54, 1.807) is 28.3 Å². The van der Waals surface area contributed by atoms with Gasteiger partial charge >= 0.3 is 0 Å². The summed E-state index contributed by atoms with van der Waals surface area (Å²) in [6.07, 6.45) is 2.34. The van der Waals surface area contributed by atoms with Crippen LogP contribution in [0.2, 0.25) is 0 Å². The molecule has 6 nitrogen and oxygen atoms in total. The molecule has 1 fully saturated rings. The Hall–Kier alpha value is -1.41. The number of hydrogen-bond acceptors (Lipinski definition) is 6. The molecule has 19 heavy (non-hydrogen) atoms. The molecule has 102 valence electrons. The first-order chi connectivity index (χ1) is 8.94. The normalized spacial score (nSPS) is 21.8. The molecule has 0 radical (unpaired) electrons. The van der Waals surface area contributed by atoms with Crippen LogP contribution in [-0.2, 0) is 9.84 Å². The van der Waals surface area contributed by atoms with Crippen LogP contribution in [0, 0.1) is 6.92 Å². The predicted octanol–water partition coefficient (Wildman–Crippen LogP) is 1.26. The molecular weight excluding hydrogens is 284 g/mol. The number of nitrogens with zero attached hydrogens (tertiary/aromatic N) is 3. The van der Waals surface area contributed by atoms with Crippen LogP contribution in [0.15, 0.2) is 12.3 Å². The standard InChI is InChI=1S/C11H14N4O2S2/c1-7-13-5-10(18-7)9-4-11(12)15(14-9)8-2-3-19(16,17)6-8/h4-5,8H,2-3,6,12H2,1H3. The highest BCUT2D eigenvalue weighted by atomic mass is 32.2. The van der Waals surface area contributed by atoms with Gasteiger partial charge in [0.1, 0.15) is 11.5 Å². The molecule has 1 aliphatic rings. The van der Waals surface area contributed by atoms with E-state index in [1.807, 2.05) is 6.92 Å². The number of aryl methyl sites for hydroxylation is 1. The smallest absolute Gasteiger partial charge is 0.152 e. The number of hydrogen-bond donors (Lipinski definition) is 1. The summed E-state index contributed by atoms with van der Waals surface area (Å²) >= 11 is 1.54. The van der Waals surface area contributed by atoms with Crippen molar-refractivity contribution in [1.82, 2.24) is 14.8 Å². The second-order valence-electron chi connectivity index (χ2n) is 4.70. The van der Waals surface area contributed by atoms with Crippen LogP contribution < -0.4 is 5.73 Å². The minimum Gasteiger partial charge on any atom is -0.384 e. The van der Waals surface area contributed by atoms with Gasteiger partial charge in [-0.15, -0.1) is 11.3 Å². The first-order valence-corrected chi connectivity index (χ1v) is 8.57. The first-order valence-electron chi connectivity index (χ1n) is 5.93. The summed E-state index contributed by atoms with van der Waals surface area (Å²) in [6.45, 7) is 1.93. The molecule has 1 unspecified atom stereocenters. The van der Waals surface area contributed by atoms with E-state index < -0.39 is 9.84 Å². The summed E-state index contributed by atoms with van der Waals surface area (Å²) in [5.74, 6) is 0.842. The molecular formula is C11H14N4O2S2. The summed E-state index contributed by atoms with van der Waals surface area (Å²) < 4.78 is 24.7. The van der Waals surface area contributed by atoms with E-state index in [0.29, 0.717) is 12.2 Å². The van der Waals surface area contributed by atoms with E-state index in [2.05, 4.69) is 10.1 Å². The summed E-state index contributed by atoms with van der Waals surface area (Å²) in [4.78, 5) is 5.13. The first kappa shape index (κ1) is 12.6. The van der Waals surface area contributed by atoms with E-state index in [9.17, 15) is 8.42 Å². The van der Waals surface area contributed by atoms with Crippen molar-refractivity contribution in [2.24, 2.45) is 0 Å². The number of anilines is 1. The molecule has 8 heteroatoms. The van der Waals surface area contributed by atoms with E-state index in [-0.39, 0.29) is 17.5 Å². The van der Waals surface area contributed by atoms with E-state index in [4.69, 9.17) is 5.73 Å². The average molecular weight is 298 g/mol. The molecule has 0 aliphatic carbocycles. The highest BCUT2D eigenvalue weighted by Gasteiger charge is 2.31. The number of rotatable bonds is 2. The minimum atomic E-state index is -2.94. The predicted molar refractivity (Wildman–Crippen MR) is 74.8 cm³/mol. The van der Waals surface area contributed by atoms with Crippen LogP contribution in [0.5, 0.6) is 0 Å². The summed E-state index contributed by atoms with van der Waals surface area (Å²) in [5, 5.41) is 5.40. The monoisotopic (exact) mass is 298 g/mol. The third kappa shape index (κ3) is 2.37. The third-order valence-electron chi connectivity index (χ3n) is 3.19. The molecule has 2 aromatic rings. The quantitative estimate of drug-likeness (QED) is 0.901. The lowest BCUT2D eigenvalue weighted by atomic mass is 10.3. The molecule has 1 saturated heterocycles. The van der Waals surface area contributed by atoms with Gasteiger partial charge in [0, 0.05) is 12.3 Å². The zero-order valence-corrected chi connectivity index (χ0v) is 12.0. The lowest BCUT2D eigenvalue weighted by Crippen LogP contribution is -2.14. The maximum atomic E-state index is 11.5. The molecule has 0 aromatic carbocycles. The Morgan fingerprint density at radius 2 is 2.32 bits per heavy atom. The lowest BCUT2D eigenvalue weighted by molar-refractivity contribution is 0.508. The molecule has 1 atom stereocenters. The Morgan fingerprint density at radius 1 is 1.53 bits per heavy atom. The van der Waals surface area contributed by atoms with Crippen LogP contribution >= 0.6 is 11.3 Å². The van der Waals surface area contributed by atoms with Crippen molar-refractivity contribution in [1.29, 1.82) is 0 Å². The Balaban J connectivity index is 1.94. The molecule has 0 spiro atoms. The molecule has 0 saturated carbocycles. The van der Waals surface area contributed by atoms with Gasteiger partial charge in [0.15, 0.2) is 9.84 Å². The van der Waals surface area contributed by atoms with Crippen LogP contribution in [0.1, 0.15) is 17.5 Å². The van der Waals surface area contributed by atoms with Gasteiger partial charge in [-0.1, -0.05) is 0 Å². The van der Waals surface area contributed by atoms with Gasteiger partial charge in [0.05, 0.1) is 27.4 Å². The van der Waals surface area contributed by atoms with Crippen molar-refractivity contribution in [2.75, 3.05) is 17.2 Å². The van der Waals surface area contributed by atoms with Gasteiger partial charge in [-0.3, -0.25) is 0 Å². The van der Waals surface area contributed by atoms with Gasteiger partial charge in [-0.2, -0.15) is 5.10 Å². The zero-order valence-electron chi connectivity index (χ0n) is 10.4. The molecule has 0 bridgehead atoms. The Labute approximate surface area is 115 Å². The van der Waals surface area contributed by atoms with Crippen molar-refractivity contribution < 1.29 is 8.42 Å². The van der Waals surface area contributed by atoms with Gasteiger partial charge < -0.3 is 5.73 Å². The van der Waals surface area contributed by atoms with Crippen LogP contribution in [0.25, 0.3) is 10.6 Å². The van der Waals surface area contributed by atoms with Crippen LogP contribution in [-0.4, -0.2) is 34.7 Å². The fourth-order valence-electron chi connectivity index (χ4n) is 2.27. The maximum absolute atomic E-state index is 11.5. The summed E-state index contributed by atoms with van der Waals surface area (Å²) in [5.41, 5.74) is 6.70. The zero-order chi connectivity index (χ0) is 13.6. The number of thiazole rings is 1. The van der Waals surface area contributed by atoms with Gasteiger partial charge in [0.2, 0.25) is 0 Å². The van der Waals surface area contributed by atoms with E-state index >= 15 is 0 Å². The molecule has 3 rings (SSSR count). The van der Waals surface area contributed by atoms with Crippen molar-refractivity contribution in [2.45, 2.75) is 19.4 Å². The molecule has 3 heterocycles. The van der Waals surface area contributed by atoms with E-state index in [0.717, 1.165) is 15.6 Å². The lowest BCUT2D eigenvalue weighted by Gasteiger charge is -2.09. The summed E-state index contributed by atoms with van der Waals surface area (Å²) in [6, 6.07) is 1.63.